The summed E-state index contributed by atoms with van der Waals surface area (Å²) < 4.78 is 13.8. The fourth-order valence-electron chi connectivity index (χ4n) is 1.10. The molecule has 1 N–H and O–H groups in total. The Kier molecular flexibility index (Phi) is 8.38. The molecule has 0 saturated carbocycles. The minimum Gasteiger partial charge on any atom is -0.396 e. The third-order valence-electron chi connectivity index (χ3n) is 1.81. The first-order valence-electron chi connectivity index (χ1n) is 5.86. The van der Waals surface area contributed by atoms with Gasteiger partial charge in [-0.1, -0.05) is 39.0 Å². The zero-order valence-electron chi connectivity index (χ0n) is 10.0. The average molecular weight is 192 g/mol. The van der Waals surface area contributed by atoms with Gasteiger partial charge in [0.05, 0.1) is 9.30 Å². The molecule has 0 atom stereocenters. The van der Waals surface area contributed by atoms with Gasteiger partial charge in [0.15, 0.2) is 0 Å². The highest BCUT2D eigenvalue weighted by molar-refractivity contribution is 7.99. The van der Waals surface area contributed by atoms with E-state index in [1.165, 1.54) is 43.9 Å². The molecule has 12 heavy (non-hydrogen) atoms. The predicted molar refractivity (Wildman–Crippen MR) is 57.8 cm³/mol. The Morgan fingerprint density at radius 2 is 1.75 bits per heavy atom. The second-order valence-corrected chi connectivity index (χ2v) is 4.08. The molecule has 0 aromatic heterocycles. The monoisotopic (exact) mass is 192 g/mol. The fraction of sp³-hybridized carbons (Fsp3) is 1.00. The van der Waals surface area contributed by atoms with Gasteiger partial charge in [0.2, 0.25) is 0 Å². The summed E-state index contributed by atoms with van der Waals surface area (Å²) in [5.41, 5.74) is 0. The normalized spacial score (nSPS) is 14.2. The molecule has 0 saturated heterocycles. The molecule has 0 spiro atoms. The molecule has 0 rings (SSSR count). The van der Waals surface area contributed by atoms with Crippen molar-refractivity contribution in [1.29, 1.82) is 0 Å². The standard InChI is InChI=1S/C10H22OS/c1-2-3-4-5-6-7-9-12-10-8-11/h11H,2-10H2,1H3/i8D2. The molecule has 1 nitrogen and oxygen atoms in total. The maximum absolute atomic E-state index is 8.80. The maximum Gasteiger partial charge on any atom is 0.0572 e. The van der Waals surface area contributed by atoms with Crippen molar-refractivity contribution in [2.24, 2.45) is 0 Å². The summed E-state index contributed by atoms with van der Waals surface area (Å²) in [6, 6.07) is 0. The number of thioether (sulfide) groups is 1. The summed E-state index contributed by atoms with van der Waals surface area (Å²) in [5, 5.41) is 8.80. The van der Waals surface area contributed by atoms with E-state index in [4.69, 9.17) is 7.85 Å². The molecule has 0 unspecified atom stereocenters. The first-order valence-corrected chi connectivity index (χ1v) is 6.02. The van der Waals surface area contributed by atoms with Gasteiger partial charge in [0.25, 0.3) is 0 Å². The average Bonchev–Trinajstić information content (AvgIpc) is 2.08. The van der Waals surface area contributed by atoms with Gasteiger partial charge in [-0.2, -0.15) is 11.8 Å². The van der Waals surface area contributed by atoms with Crippen LogP contribution in [0.4, 0.5) is 0 Å². The molecular formula is C10H22OS. The lowest BCUT2D eigenvalue weighted by Gasteiger charge is -1.99. The summed E-state index contributed by atoms with van der Waals surface area (Å²) in [7, 11) is 0. The van der Waals surface area contributed by atoms with Crippen LogP contribution in [-0.4, -0.2) is 23.2 Å². The van der Waals surface area contributed by atoms with Crippen molar-refractivity contribution >= 4 is 11.8 Å². The van der Waals surface area contributed by atoms with Gasteiger partial charge >= 0.3 is 0 Å². The molecular weight excluding hydrogens is 168 g/mol. The van der Waals surface area contributed by atoms with Crippen LogP contribution in [0.5, 0.6) is 0 Å². The second-order valence-electron chi connectivity index (χ2n) is 2.98. The van der Waals surface area contributed by atoms with E-state index in [9.17, 15) is 0 Å². The Morgan fingerprint density at radius 3 is 2.42 bits per heavy atom. The van der Waals surface area contributed by atoms with Gasteiger partial charge < -0.3 is 5.11 Å². The molecule has 0 aliphatic rings. The van der Waals surface area contributed by atoms with Crippen LogP contribution in [0.25, 0.3) is 0 Å². The highest BCUT2D eigenvalue weighted by Gasteiger charge is 1.90. The fourth-order valence-corrected chi connectivity index (χ4v) is 1.75. The Bertz CT molecular complexity index is 126. The summed E-state index contributed by atoms with van der Waals surface area (Å²) in [6.07, 6.45) is 7.60. The molecule has 0 radical (unpaired) electrons. The lowest BCUT2D eigenvalue weighted by molar-refractivity contribution is 0.322. The lowest BCUT2D eigenvalue weighted by Crippen LogP contribution is -1.88. The largest absolute Gasteiger partial charge is 0.396 e. The number of aliphatic hydroxyl groups is 1. The summed E-state index contributed by atoms with van der Waals surface area (Å²) in [5.74, 6) is 1.16. The topological polar surface area (TPSA) is 20.2 Å². The smallest absolute Gasteiger partial charge is 0.0572 e. The molecule has 0 fully saturated rings. The first-order chi connectivity index (χ1) is 6.56. The maximum atomic E-state index is 8.80. The van der Waals surface area contributed by atoms with E-state index < -0.39 is 6.56 Å². The van der Waals surface area contributed by atoms with Crippen LogP contribution in [-0.2, 0) is 0 Å². The van der Waals surface area contributed by atoms with Gasteiger partial charge in [-0.15, -0.1) is 0 Å². The van der Waals surface area contributed by atoms with Gasteiger partial charge in [0.1, 0.15) is 0 Å². The number of hydrogen-bond acceptors (Lipinski definition) is 2. The SMILES string of the molecule is [2H]C([2H])(O)CSCCCCCCCC. The van der Waals surface area contributed by atoms with E-state index in [2.05, 4.69) is 6.92 Å². The minimum atomic E-state index is -1.99. The van der Waals surface area contributed by atoms with E-state index in [1.807, 2.05) is 0 Å². The highest BCUT2D eigenvalue weighted by Crippen LogP contribution is 2.08. The van der Waals surface area contributed by atoms with Crippen LogP contribution < -0.4 is 0 Å². The van der Waals surface area contributed by atoms with Gasteiger partial charge in [0, 0.05) is 5.75 Å². The van der Waals surface area contributed by atoms with Crippen molar-refractivity contribution in [3.05, 3.63) is 0 Å². The predicted octanol–water partition coefficient (Wildman–Crippen LogP) is 3.07. The first kappa shape index (κ1) is 8.89. The molecule has 0 amide bonds. The van der Waals surface area contributed by atoms with E-state index in [0.717, 1.165) is 12.2 Å². The number of hydrogen-bond donors (Lipinski definition) is 1. The molecule has 0 aliphatic heterocycles. The quantitative estimate of drug-likeness (QED) is 0.567. The molecule has 0 aromatic rings. The van der Waals surface area contributed by atoms with Crippen molar-refractivity contribution in [2.45, 2.75) is 45.4 Å². The van der Waals surface area contributed by atoms with Gasteiger partial charge in [-0.25, -0.2) is 0 Å². The van der Waals surface area contributed by atoms with Gasteiger partial charge in [-0.3, -0.25) is 0 Å². The van der Waals surface area contributed by atoms with Crippen molar-refractivity contribution < 1.29 is 7.85 Å². The van der Waals surface area contributed by atoms with E-state index in [-0.39, 0.29) is 5.75 Å². The lowest BCUT2D eigenvalue weighted by atomic mass is 10.1. The second kappa shape index (κ2) is 11.3. The summed E-state index contributed by atoms with van der Waals surface area (Å²) >= 11 is 1.50. The highest BCUT2D eigenvalue weighted by atomic mass is 32.2. The third-order valence-corrected chi connectivity index (χ3v) is 2.72. The van der Waals surface area contributed by atoms with Crippen LogP contribution in [0.1, 0.15) is 48.2 Å². The van der Waals surface area contributed by atoms with E-state index in [0.29, 0.717) is 0 Å². The number of rotatable bonds is 9. The zero-order valence-corrected chi connectivity index (χ0v) is 8.83. The van der Waals surface area contributed by atoms with Crippen molar-refractivity contribution in [3.8, 4) is 0 Å². The molecule has 0 heterocycles. The zero-order chi connectivity index (χ0) is 10.9. The van der Waals surface area contributed by atoms with E-state index in [1.54, 1.807) is 0 Å². The third kappa shape index (κ3) is 10.3. The summed E-state index contributed by atoms with van der Waals surface area (Å²) in [6.45, 7) is 0.214. The molecule has 0 aliphatic carbocycles. The van der Waals surface area contributed by atoms with Crippen LogP contribution in [0, 0.1) is 0 Å². The summed E-state index contributed by atoms with van der Waals surface area (Å²) in [4.78, 5) is 0. The van der Waals surface area contributed by atoms with Gasteiger partial charge in [-0.05, 0) is 12.2 Å². The van der Waals surface area contributed by atoms with Crippen LogP contribution in [0.2, 0.25) is 0 Å². The van der Waals surface area contributed by atoms with Crippen molar-refractivity contribution in [1.82, 2.24) is 0 Å². The molecule has 74 valence electrons. The molecule has 0 bridgehead atoms. The molecule has 0 aromatic carbocycles. The van der Waals surface area contributed by atoms with Crippen molar-refractivity contribution in [2.75, 3.05) is 18.1 Å². The number of unbranched alkanes of at least 4 members (excludes halogenated alkanes) is 5. The Balaban J connectivity index is 2.99. The van der Waals surface area contributed by atoms with Crippen LogP contribution >= 0.6 is 11.8 Å². The van der Waals surface area contributed by atoms with E-state index >= 15 is 0 Å². The Hall–Kier alpha value is 0.310. The molecule has 2 heteroatoms. The Morgan fingerprint density at radius 1 is 1.08 bits per heavy atom. The van der Waals surface area contributed by atoms with Crippen LogP contribution in [0.3, 0.4) is 0 Å². The van der Waals surface area contributed by atoms with Crippen LogP contribution in [0.15, 0.2) is 0 Å². The minimum absolute atomic E-state index is 0.196. The Labute approximate surface area is 83.8 Å². The van der Waals surface area contributed by atoms with Crippen molar-refractivity contribution in [3.63, 3.8) is 0 Å².